The molecular formula is C23H25N3O4. The van der Waals surface area contributed by atoms with E-state index in [1.807, 2.05) is 6.92 Å². The molecule has 3 aliphatic rings. The van der Waals surface area contributed by atoms with Gasteiger partial charge in [-0.1, -0.05) is 17.7 Å². The number of rotatable bonds is 3. The molecule has 0 aromatic heterocycles. The number of benzene rings is 2. The molecule has 1 spiro atoms. The number of hydrogen-bond acceptors (Lipinski definition) is 5. The van der Waals surface area contributed by atoms with Crippen LogP contribution in [0.1, 0.15) is 49.8 Å². The normalized spacial score (nSPS) is 27.0. The van der Waals surface area contributed by atoms with Crippen molar-refractivity contribution in [3.8, 4) is 5.75 Å². The molecule has 3 heterocycles. The number of likely N-dealkylation sites (N-methyl/N-ethyl adjacent to an activating group) is 1. The molecule has 2 aromatic carbocycles. The summed E-state index contributed by atoms with van der Waals surface area (Å²) >= 11 is 0. The largest absolute Gasteiger partial charge is 0.467 e. The number of nitrogens with one attached hydrogen (secondary N) is 1. The lowest BCUT2D eigenvalue weighted by molar-refractivity contribution is -0.385. The van der Waals surface area contributed by atoms with Crippen LogP contribution in [-0.2, 0) is 10.2 Å². The van der Waals surface area contributed by atoms with E-state index in [2.05, 4.69) is 49.2 Å². The van der Waals surface area contributed by atoms with Gasteiger partial charge in [0.15, 0.2) is 5.72 Å². The molecule has 30 heavy (non-hydrogen) atoms. The number of aryl methyl sites for hydroxylation is 1. The van der Waals surface area contributed by atoms with Gasteiger partial charge in [0, 0.05) is 42.3 Å². The van der Waals surface area contributed by atoms with Crippen LogP contribution in [0.2, 0.25) is 0 Å². The summed E-state index contributed by atoms with van der Waals surface area (Å²) in [6.45, 7) is 8.82. The lowest BCUT2D eigenvalue weighted by Crippen LogP contribution is -2.59. The second-order valence-corrected chi connectivity index (χ2v) is 9.03. The van der Waals surface area contributed by atoms with Crippen LogP contribution in [-0.4, -0.2) is 29.1 Å². The molecule has 1 saturated heterocycles. The van der Waals surface area contributed by atoms with Crippen LogP contribution in [0.25, 0.3) is 0 Å². The summed E-state index contributed by atoms with van der Waals surface area (Å²) in [7, 11) is 0. The Balaban J connectivity index is 1.75. The van der Waals surface area contributed by atoms with E-state index in [1.165, 1.54) is 11.6 Å². The molecule has 7 nitrogen and oxygen atoms in total. The van der Waals surface area contributed by atoms with Gasteiger partial charge in [0.1, 0.15) is 11.8 Å². The summed E-state index contributed by atoms with van der Waals surface area (Å²) in [6, 6.07) is 10.6. The fourth-order valence-electron chi connectivity index (χ4n) is 5.68. The second-order valence-electron chi connectivity index (χ2n) is 9.03. The summed E-state index contributed by atoms with van der Waals surface area (Å²) in [4.78, 5) is 26.4. The van der Waals surface area contributed by atoms with Crippen molar-refractivity contribution < 1.29 is 14.5 Å². The Bertz CT molecular complexity index is 1100. The molecule has 7 heteroatoms. The maximum atomic E-state index is 13.3. The van der Waals surface area contributed by atoms with E-state index >= 15 is 0 Å². The number of carbonyl (C=O) groups is 1. The van der Waals surface area contributed by atoms with Gasteiger partial charge in [0.2, 0.25) is 5.91 Å². The summed E-state index contributed by atoms with van der Waals surface area (Å²) in [5.41, 5.74) is 3.01. The van der Waals surface area contributed by atoms with Crippen LogP contribution in [0.5, 0.6) is 5.75 Å². The summed E-state index contributed by atoms with van der Waals surface area (Å²) < 4.78 is 6.69. The average Bonchev–Trinajstić information content (AvgIpc) is 3.07. The Morgan fingerprint density at radius 3 is 2.77 bits per heavy atom. The van der Waals surface area contributed by atoms with Crippen LogP contribution >= 0.6 is 0 Å². The minimum atomic E-state index is -0.716. The first-order valence-electron chi connectivity index (χ1n) is 10.4. The van der Waals surface area contributed by atoms with Crippen molar-refractivity contribution >= 4 is 17.3 Å². The molecule has 2 aromatic rings. The smallest absolute Gasteiger partial charge is 0.269 e. The van der Waals surface area contributed by atoms with Gasteiger partial charge in [-0.2, -0.15) is 0 Å². The summed E-state index contributed by atoms with van der Waals surface area (Å²) in [5, 5.41) is 14.4. The van der Waals surface area contributed by atoms with Crippen molar-refractivity contribution in [3.63, 3.8) is 0 Å². The fourth-order valence-corrected chi connectivity index (χ4v) is 5.68. The number of fused-ring (bicyclic) bond motifs is 5. The first-order chi connectivity index (χ1) is 14.2. The SMILES string of the molecule is CCNC(=O)[C@H]1[C@H]2CC3(Oc4ccc([N+](=O)[O-])cc42)N1c1ccc(C)cc1C3(C)C. The van der Waals surface area contributed by atoms with Crippen LogP contribution in [0.4, 0.5) is 11.4 Å². The molecule has 1 fully saturated rings. The van der Waals surface area contributed by atoms with E-state index < -0.39 is 16.7 Å². The predicted molar refractivity (Wildman–Crippen MR) is 113 cm³/mol. The van der Waals surface area contributed by atoms with Crippen molar-refractivity contribution in [2.45, 2.75) is 57.2 Å². The molecule has 2 bridgehead atoms. The molecule has 1 amide bonds. The van der Waals surface area contributed by atoms with Crippen LogP contribution < -0.4 is 15.0 Å². The topological polar surface area (TPSA) is 84.7 Å². The van der Waals surface area contributed by atoms with Crippen molar-refractivity contribution in [3.05, 3.63) is 63.2 Å². The maximum Gasteiger partial charge on any atom is 0.269 e. The highest BCUT2D eigenvalue weighted by Crippen LogP contribution is 2.65. The van der Waals surface area contributed by atoms with E-state index in [0.717, 1.165) is 16.8 Å². The lowest BCUT2D eigenvalue weighted by atomic mass is 9.72. The Labute approximate surface area is 175 Å². The molecular weight excluding hydrogens is 382 g/mol. The summed E-state index contributed by atoms with van der Waals surface area (Å²) in [5.74, 6) is 0.372. The molecule has 0 saturated carbocycles. The van der Waals surface area contributed by atoms with E-state index in [-0.39, 0.29) is 22.9 Å². The third-order valence-corrected chi connectivity index (χ3v) is 7.11. The van der Waals surface area contributed by atoms with E-state index in [4.69, 9.17) is 4.74 Å². The van der Waals surface area contributed by atoms with Crippen LogP contribution in [0, 0.1) is 17.0 Å². The third kappa shape index (κ3) is 2.18. The van der Waals surface area contributed by atoms with Crippen molar-refractivity contribution in [2.75, 3.05) is 11.4 Å². The second kappa shape index (κ2) is 5.97. The maximum absolute atomic E-state index is 13.3. The van der Waals surface area contributed by atoms with Gasteiger partial charge in [-0.15, -0.1) is 0 Å². The monoisotopic (exact) mass is 407 g/mol. The Kier molecular flexibility index (Phi) is 3.76. The molecule has 0 aliphatic carbocycles. The molecule has 3 atom stereocenters. The Morgan fingerprint density at radius 1 is 1.30 bits per heavy atom. The number of non-ortho nitro benzene ring substituents is 1. The van der Waals surface area contributed by atoms with Crippen molar-refractivity contribution in [1.29, 1.82) is 0 Å². The molecule has 0 radical (unpaired) electrons. The zero-order valence-electron chi connectivity index (χ0n) is 17.6. The van der Waals surface area contributed by atoms with Crippen LogP contribution in [0.15, 0.2) is 36.4 Å². The molecule has 1 N–H and O–H groups in total. The van der Waals surface area contributed by atoms with Crippen LogP contribution in [0.3, 0.4) is 0 Å². The van der Waals surface area contributed by atoms with Gasteiger partial charge < -0.3 is 15.0 Å². The first kappa shape index (κ1) is 18.9. The number of anilines is 1. The highest BCUT2D eigenvalue weighted by molar-refractivity contribution is 5.90. The summed E-state index contributed by atoms with van der Waals surface area (Å²) in [6.07, 6.45) is 0.601. The van der Waals surface area contributed by atoms with E-state index in [1.54, 1.807) is 12.1 Å². The number of hydrogen-bond donors (Lipinski definition) is 1. The average molecular weight is 407 g/mol. The number of ether oxygens (including phenoxy) is 1. The number of carbonyl (C=O) groups excluding carboxylic acids is 1. The van der Waals surface area contributed by atoms with Gasteiger partial charge >= 0.3 is 0 Å². The molecule has 5 rings (SSSR count). The fraction of sp³-hybridized carbons (Fsp3) is 0.435. The highest BCUT2D eigenvalue weighted by Gasteiger charge is 2.70. The zero-order chi connectivity index (χ0) is 21.4. The van der Waals surface area contributed by atoms with Gasteiger partial charge in [-0.3, -0.25) is 14.9 Å². The highest BCUT2D eigenvalue weighted by atomic mass is 16.6. The Hall–Kier alpha value is -3.09. The number of amides is 1. The minimum Gasteiger partial charge on any atom is -0.467 e. The van der Waals surface area contributed by atoms with Gasteiger partial charge in [0.05, 0.1) is 10.3 Å². The van der Waals surface area contributed by atoms with Crippen molar-refractivity contribution in [1.82, 2.24) is 5.32 Å². The number of nitrogens with zero attached hydrogens (tertiary/aromatic N) is 2. The molecule has 156 valence electrons. The molecule has 3 aliphatic heterocycles. The Morgan fingerprint density at radius 2 is 2.07 bits per heavy atom. The predicted octanol–water partition coefficient (Wildman–Crippen LogP) is 3.78. The molecule has 1 unspecified atom stereocenters. The van der Waals surface area contributed by atoms with Gasteiger partial charge in [0.25, 0.3) is 5.69 Å². The lowest BCUT2D eigenvalue weighted by Gasteiger charge is -2.45. The van der Waals surface area contributed by atoms with Crippen molar-refractivity contribution in [2.24, 2.45) is 0 Å². The quantitative estimate of drug-likeness (QED) is 0.618. The van der Waals surface area contributed by atoms with Gasteiger partial charge in [-0.05, 0) is 45.4 Å². The zero-order valence-corrected chi connectivity index (χ0v) is 17.6. The number of nitro benzene ring substituents is 1. The third-order valence-electron chi connectivity index (χ3n) is 7.11. The van der Waals surface area contributed by atoms with Gasteiger partial charge in [-0.25, -0.2) is 0 Å². The van der Waals surface area contributed by atoms with E-state index in [9.17, 15) is 14.9 Å². The minimum absolute atomic E-state index is 0.0188. The van der Waals surface area contributed by atoms with E-state index in [0.29, 0.717) is 18.7 Å². The first-order valence-corrected chi connectivity index (χ1v) is 10.4. The number of nitro groups is 1. The standard InChI is InChI=1S/C23H25N3O4/c1-5-24-21(27)20-16-12-23(30-19-9-7-14(26(28)29)11-15(16)19)22(3,4)17-10-13(2)6-8-18(17)25(20)23/h6-11,16,20H,5,12H2,1-4H3,(H,24,27)/t16-,20+,23?/m0/s1.